The monoisotopic (exact) mass is 409 g/mol. The van der Waals surface area contributed by atoms with E-state index in [2.05, 4.69) is 12.1 Å². The molecule has 1 saturated heterocycles. The van der Waals surface area contributed by atoms with Gasteiger partial charge >= 0.3 is 5.97 Å². The van der Waals surface area contributed by atoms with Crippen molar-refractivity contribution in [2.45, 2.75) is 43.5 Å². The minimum atomic E-state index is -0.502. The van der Waals surface area contributed by atoms with Crippen LogP contribution < -0.4 is 0 Å². The molecule has 5 heteroatoms. The van der Waals surface area contributed by atoms with E-state index in [4.69, 9.17) is 4.74 Å². The Hall–Kier alpha value is -2.27. The number of ether oxygens (including phenoxy) is 1. The molecule has 4 rings (SSSR count). The van der Waals surface area contributed by atoms with Crippen LogP contribution in [0.3, 0.4) is 0 Å². The molecule has 1 saturated carbocycles. The number of nitrogens with zero attached hydrogens (tertiary/aromatic N) is 1. The number of hydrogen-bond donors (Lipinski definition) is 0. The van der Waals surface area contributed by atoms with Crippen molar-refractivity contribution in [3.8, 4) is 11.1 Å². The van der Waals surface area contributed by atoms with E-state index in [0.29, 0.717) is 17.2 Å². The first-order valence-electron chi connectivity index (χ1n) is 10.4. The molecule has 0 radical (unpaired) electrons. The summed E-state index contributed by atoms with van der Waals surface area (Å²) < 4.78 is 5.02. The molecule has 2 aliphatic rings. The van der Waals surface area contributed by atoms with Gasteiger partial charge in [0.25, 0.3) is 5.91 Å². The molecular formula is C24H27NO3S. The molecule has 2 aromatic carbocycles. The van der Waals surface area contributed by atoms with Gasteiger partial charge in [-0.05, 0) is 42.0 Å². The number of thioether (sulfide) groups is 1. The lowest BCUT2D eigenvalue weighted by Gasteiger charge is -2.35. The molecule has 1 amide bonds. The highest BCUT2D eigenvalue weighted by Crippen LogP contribution is 2.41. The zero-order chi connectivity index (χ0) is 20.2. The quantitative estimate of drug-likeness (QED) is 0.668. The lowest BCUT2D eigenvalue weighted by Crippen LogP contribution is -2.48. The Morgan fingerprint density at radius 2 is 1.59 bits per heavy atom. The molecular weight excluding hydrogens is 382 g/mol. The van der Waals surface area contributed by atoms with Crippen LogP contribution in [0.5, 0.6) is 0 Å². The topological polar surface area (TPSA) is 46.6 Å². The van der Waals surface area contributed by atoms with Crippen molar-refractivity contribution >= 4 is 23.6 Å². The average Bonchev–Trinajstić information content (AvgIpc) is 3.24. The van der Waals surface area contributed by atoms with Crippen LogP contribution in [-0.2, 0) is 9.53 Å². The van der Waals surface area contributed by atoms with Crippen LogP contribution >= 0.6 is 11.8 Å². The lowest BCUT2D eigenvalue weighted by molar-refractivity contribution is -0.145. The van der Waals surface area contributed by atoms with Crippen LogP contribution in [-0.4, -0.2) is 41.1 Å². The summed E-state index contributed by atoms with van der Waals surface area (Å²) >= 11 is 1.74. The SMILES string of the molecule is COC(=O)C1CSC(C2CCCCC2)N1C(=O)c1ccc(-c2ccccc2)cc1. The summed E-state index contributed by atoms with van der Waals surface area (Å²) in [5, 5.41) is 0.0562. The van der Waals surface area contributed by atoms with Gasteiger partial charge in [0.15, 0.2) is 0 Å². The number of rotatable bonds is 4. The highest BCUT2D eigenvalue weighted by molar-refractivity contribution is 8.00. The lowest BCUT2D eigenvalue weighted by atomic mass is 9.88. The van der Waals surface area contributed by atoms with E-state index in [9.17, 15) is 9.59 Å². The van der Waals surface area contributed by atoms with Gasteiger partial charge in [-0.25, -0.2) is 4.79 Å². The van der Waals surface area contributed by atoms with Gasteiger partial charge in [-0.2, -0.15) is 0 Å². The third-order valence-corrected chi connectivity index (χ3v) is 7.50. The van der Waals surface area contributed by atoms with E-state index in [1.807, 2.05) is 47.4 Å². The average molecular weight is 410 g/mol. The second kappa shape index (κ2) is 9.04. The number of esters is 1. The first-order chi connectivity index (χ1) is 14.2. The van der Waals surface area contributed by atoms with E-state index in [1.54, 1.807) is 11.8 Å². The van der Waals surface area contributed by atoms with Gasteiger partial charge in [0.2, 0.25) is 0 Å². The highest BCUT2D eigenvalue weighted by atomic mass is 32.2. The smallest absolute Gasteiger partial charge is 0.329 e. The molecule has 1 aliphatic heterocycles. The molecule has 0 spiro atoms. The number of benzene rings is 2. The molecule has 1 aliphatic carbocycles. The number of carbonyl (C=O) groups is 2. The third kappa shape index (κ3) is 4.20. The Morgan fingerprint density at radius 3 is 2.24 bits per heavy atom. The van der Waals surface area contributed by atoms with Crippen molar-refractivity contribution < 1.29 is 14.3 Å². The molecule has 2 fully saturated rings. The Morgan fingerprint density at radius 1 is 0.931 bits per heavy atom. The summed E-state index contributed by atoms with van der Waals surface area (Å²) in [6.07, 6.45) is 5.94. The minimum absolute atomic E-state index is 0.0562. The second-order valence-electron chi connectivity index (χ2n) is 7.82. The maximum absolute atomic E-state index is 13.5. The maximum Gasteiger partial charge on any atom is 0.329 e. The van der Waals surface area contributed by atoms with Gasteiger partial charge in [-0.3, -0.25) is 4.79 Å². The van der Waals surface area contributed by atoms with Crippen molar-refractivity contribution in [3.05, 3.63) is 60.2 Å². The molecule has 0 aromatic heterocycles. The number of carbonyl (C=O) groups excluding carboxylic acids is 2. The molecule has 2 aromatic rings. The molecule has 2 atom stereocenters. The fraction of sp³-hybridized carbons (Fsp3) is 0.417. The number of methoxy groups -OCH3 is 1. The Bertz CT molecular complexity index is 846. The van der Waals surface area contributed by atoms with Crippen LogP contribution in [0.15, 0.2) is 54.6 Å². The van der Waals surface area contributed by atoms with Crippen LogP contribution in [0.25, 0.3) is 11.1 Å². The normalized spacial score (nSPS) is 22.4. The van der Waals surface area contributed by atoms with Gasteiger partial charge in [-0.1, -0.05) is 61.7 Å². The summed E-state index contributed by atoms with van der Waals surface area (Å²) in [5.74, 6) is 0.684. The zero-order valence-corrected chi connectivity index (χ0v) is 17.6. The molecule has 4 nitrogen and oxygen atoms in total. The van der Waals surface area contributed by atoms with E-state index in [0.717, 1.165) is 24.0 Å². The third-order valence-electron chi connectivity index (χ3n) is 6.03. The van der Waals surface area contributed by atoms with Gasteiger partial charge in [0.1, 0.15) is 6.04 Å². The highest BCUT2D eigenvalue weighted by Gasteiger charge is 2.45. The van der Waals surface area contributed by atoms with Crippen molar-refractivity contribution in [3.63, 3.8) is 0 Å². The van der Waals surface area contributed by atoms with Crippen molar-refractivity contribution in [1.82, 2.24) is 4.90 Å². The summed E-state index contributed by atoms with van der Waals surface area (Å²) in [5.41, 5.74) is 2.82. The fourth-order valence-electron chi connectivity index (χ4n) is 4.47. The van der Waals surface area contributed by atoms with Gasteiger partial charge in [0.05, 0.1) is 12.5 Å². The van der Waals surface area contributed by atoms with Gasteiger partial charge < -0.3 is 9.64 Å². The summed E-state index contributed by atoms with van der Waals surface area (Å²) in [6, 6.07) is 17.3. The van der Waals surface area contributed by atoms with E-state index in [1.165, 1.54) is 26.4 Å². The molecule has 2 unspecified atom stereocenters. The van der Waals surface area contributed by atoms with Crippen LogP contribution in [0.2, 0.25) is 0 Å². The minimum Gasteiger partial charge on any atom is -0.467 e. The number of hydrogen-bond acceptors (Lipinski definition) is 4. The predicted molar refractivity (Wildman–Crippen MR) is 117 cm³/mol. The molecule has 0 N–H and O–H groups in total. The molecule has 1 heterocycles. The Kier molecular flexibility index (Phi) is 6.24. The first-order valence-corrected chi connectivity index (χ1v) is 11.4. The summed E-state index contributed by atoms with van der Waals surface area (Å²) in [6.45, 7) is 0. The predicted octanol–water partition coefficient (Wildman–Crippen LogP) is 4.99. The van der Waals surface area contributed by atoms with Crippen molar-refractivity contribution in [1.29, 1.82) is 0 Å². The number of amides is 1. The molecule has 29 heavy (non-hydrogen) atoms. The standard InChI is InChI=1S/C24H27NO3S/c1-28-24(27)21-16-29-23(20-10-6-3-7-11-20)25(21)22(26)19-14-12-18(13-15-19)17-8-4-2-5-9-17/h2,4-5,8-9,12-15,20-21,23H,3,6-7,10-11,16H2,1H3. The van der Waals surface area contributed by atoms with Gasteiger partial charge in [0, 0.05) is 11.3 Å². The Labute approximate surface area is 176 Å². The Balaban J connectivity index is 1.59. The second-order valence-corrected chi connectivity index (χ2v) is 8.97. The zero-order valence-electron chi connectivity index (χ0n) is 16.8. The maximum atomic E-state index is 13.5. The largest absolute Gasteiger partial charge is 0.467 e. The van der Waals surface area contributed by atoms with Crippen LogP contribution in [0, 0.1) is 5.92 Å². The van der Waals surface area contributed by atoms with Crippen molar-refractivity contribution in [2.75, 3.05) is 12.9 Å². The van der Waals surface area contributed by atoms with Crippen LogP contribution in [0.1, 0.15) is 42.5 Å². The van der Waals surface area contributed by atoms with E-state index >= 15 is 0 Å². The van der Waals surface area contributed by atoms with E-state index in [-0.39, 0.29) is 17.3 Å². The fourth-order valence-corrected chi connectivity index (χ4v) is 6.09. The van der Waals surface area contributed by atoms with Gasteiger partial charge in [-0.15, -0.1) is 11.8 Å². The molecule has 152 valence electrons. The summed E-state index contributed by atoms with van der Waals surface area (Å²) in [7, 11) is 1.40. The van der Waals surface area contributed by atoms with Crippen LogP contribution in [0.4, 0.5) is 0 Å². The first kappa shape index (κ1) is 20.0. The molecule has 0 bridgehead atoms. The van der Waals surface area contributed by atoms with E-state index < -0.39 is 6.04 Å². The van der Waals surface area contributed by atoms with Crippen molar-refractivity contribution in [2.24, 2.45) is 5.92 Å². The summed E-state index contributed by atoms with van der Waals surface area (Å²) in [4.78, 5) is 27.7.